The van der Waals surface area contributed by atoms with E-state index in [1.165, 1.54) is 5.56 Å². The largest absolute Gasteiger partial charge is 0.465 e. The molecule has 4 nitrogen and oxygen atoms in total. The van der Waals surface area contributed by atoms with Crippen molar-refractivity contribution in [2.75, 3.05) is 13.1 Å². The van der Waals surface area contributed by atoms with Crippen molar-refractivity contribution in [2.24, 2.45) is 0 Å². The van der Waals surface area contributed by atoms with Gasteiger partial charge in [-0.2, -0.15) is 0 Å². The molecule has 96 valence electrons. The summed E-state index contributed by atoms with van der Waals surface area (Å²) in [5, 5.41) is 11.3. The van der Waals surface area contributed by atoms with Gasteiger partial charge in [0.15, 0.2) is 0 Å². The maximum Gasteiger partial charge on any atom is 0.408 e. The molecule has 0 radical (unpaired) electrons. The first-order valence-corrected chi connectivity index (χ1v) is 6.10. The summed E-state index contributed by atoms with van der Waals surface area (Å²) in [5.74, 6) is 0. The van der Waals surface area contributed by atoms with E-state index in [0.717, 1.165) is 30.8 Å². The Morgan fingerprint density at radius 3 is 2.78 bits per heavy atom. The molecule has 0 saturated carbocycles. The Hall–Kier alpha value is -1.81. The van der Waals surface area contributed by atoms with Gasteiger partial charge in [-0.3, -0.25) is 10.2 Å². The lowest BCUT2D eigenvalue weighted by molar-refractivity contribution is 0.194. The fraction of sp³-hybridized carbons (Fsp3) is 0.357. The monoisotopic (exact) mass is 246 g/mol. The van der Waals surface area contributed by atoms with Gasteiger partial charge in [0.05, 0.1) is 0 Å². The molecule has 0 atom stereocenters. The summed E-state index contributed by atoms with van der Waals surface area (Å²) in [7, 11) is 0. The highest BCUT2D eigenvalue weighted by molar-refractivity contribution is 5.67. The van der Waals surface area contributed by atoms with Crippen LogP contribution in [0.15, 0.2) is 41.6 Å². The molecule has 1 heterocycles. The first kappa shape index (κ1) is 12.6. The van der Waals surface area contributed by atoms with Crippen molar-refractivity contribution in [1.82, 2.24) is 10.2 Å². The summed E-state index contributed by atoms with van der Waals surface area (Å²) in [6, 6.07) is 10.2. The van der Waals surface area contributed by atoms with Crippen LogP contribution >= 0.6 is 0 Å². The number of amides is 1. The number of hydrogen-bond donors (Lipinski definition) is 2. The first-order chi connectivity index (χ1) is 8.65. The summed E-state index contributed by atoms with van der Waals surface area (Å²) in [4.78, 5) is 13.0. The van der Waals surface area contributed by atoms with Gasteiger partial charge in [0, 0.05) is 25.3 Å². The molecule has 0 aromatic heterocycles. The normalized spacial score (nSPS) is 16.7. The quantitative estimate of drug-likeness (QED) is 0.861. The Morgan fingerprint density at radius 1 is 1.39 bits per heavy atom. The molecule has 1 aromatic rings. The predicted molar refractivity (Wildman–Crippen MR) is 70.2 cm³/mol. The van der Waals surface area contributed by atoms with E-state index in [1.807, 2.05) is 25.1 Å². The molecule has 2 rings (SSSR count). The van der Waals surface area contributed by atoms with Gasteiger partial charge in [-0.1, -0.05) is 35.9 Å². The molecule has 0 unspecified atom stereocenters. The van der Waals surface area contributed by atoms with E-state index in [1.54, 1.807) is 0 Å². The molecule has 1 aliphatic heterocycles. The van der Waals surface area contributed by atoms with Crippen LogP contribution in [-0.4, -0.2) is 29.2 Å². The molecule has 4 heteroatoms. The van der Waals surface area contributed by atoms with E-state index >= 15 is 0 Å². The molecular formula is C14H18N2O2. The van der Waals surface area contributed by atoms with Gasteiger partial charge < -0.3 is 5.11 Å². The Kier molecular flexibility index (Phi) is 3.99. The third-order valence-electron chi connectivity index (χ3n) is 3.21. The van der Waals surface area contributed by atoms with Crippen LogP contribution in [0, 0.1) is 0 Å². The highest BCUT2D eigenvalue weighted by Gasteiger charge is 2.17. The lowest BCUT2D eigenvalue weighted by atomic mass is 10.1. The molecule has 0 bridgehead atoms. The van der Waals surface area contributed by atoms with Gasteiger partial charge in [-0.25, -0.2) is 4.79 Å². The lowest BCUT2D eigenvalue weighted by Gasteiger charge is -2.29. The number of carbonyl (C=O) groups is 1. The summed E-state index contributed by atoms with van der Waals surface area (Å²) < 4.78 is 0. The van der Waals surface area contributed by atoms with Crippen LogP contribution in [0.4, 0.5) is 4.79 Å². The highest BCUT2D eigenvalue weighted by atomic mass is 16.4. The first-order valence-electron chi connectivity index (χ1n) is 6.10. The second-order valence-corrected chi connectivity index (χ2v) is 4.64. The van der Waals surface area contributed by atoms with Crippen LogP contribution in [0.25, 0.3) is 0 Å². The molecule has 2 N–H and O–H groups in total. The van der Waals surface area contributed by atoms with Crippen molar-refractivity contribution in [3.63, 3.8) is 0 Å². The Morgan fingerprint density at radius 2 is 2.11 bits per heavy atom. The van der Waals surface area contributed by atoms with Crippen LogP contribution in [0.1, 0.15) is 18.9 Å². The zero-order valence-electron chi connectivity index (χ0n) is 10.5. The minimum Gasteiger partial charge on any atom is -0.465 e. The topological polar surface area (TPSA) is 52.6 Å². The Labute approximate surface area is 107 Å². The van der Waals surface area contributed by atoms with Gasteiger partial charge >= 0.3 is 6.09 Å². The average Bonchev–Trinajstić information content (AvgIpc) is 2.34. The second-order valence-electron chi connectivity index (χ2n) is 4.64. The van der Waals surface area contributed by atoms with Crippen LogP contribution < -0.4 is 5.32 Å². The molecule has 1 amide bonds. The van der Waals surface area contributed by atoms with E-state index in [4.69, 9.17) is 5.11 Å². The zero-order valence-corrected chi connectivity index (χ0v) is 10.5. The highest BCUT2D eigenvalue weighted by Crippen LogP contribution is 2.17. The summed E-state index contributed by atoms with van der Waals surface area (Å²) in [6.45, 7) is 4.50. The van der Waals surface area contributed by atoms with Crippen LogP contribution in [0.3, 0.4) is 0 Å². The molecule has 0 aliphatic carbocycles. The van der Waals surface area contributed by atoms with Crippen molar-refractivity contribution in [2.45, 2.75) is 19.9 Å². The summed E-state index contributed by atoms with van der Waals surface area (Å²) in [5.41, 5.74) is 3.22. The van der Waals surface area contributed by atoms with Gasteiger partial charge in [-0.05, 0) is 18.9 Å². The molecule has 1 aromatic carbocycles. The van der Waals surface area contributed by atoms with Crippen LogP contribution in [-0.2, 0) is 6.54 Å². The zero-order chi connectivity index (χ0) is 13.0. The van der Waals surface area contributed by atoms with Crippen LogP contribution in [0.2, 0.25) is 0 Å². The molecular weight excluding hydrogens is 228 g/mol. The molecule has 0 saturated heterocycles. The van der Waals surface area contributed by atoms with E-state index in [0.29, 0.717) is 6.54 Å². The minimum atomic E-state index is -0.981. The fourth-order valence-corrected chi connectivity index (χ4v) is 2.17. The second kappa shape index (κ2) is 5.69. The average molecular weight is 246 g/mol. The van der Waals surface area contributed by atoms with E-state index in [2.05, 4.69) is 22.3 Å². The summed E-state index contributed by atoms with van der Waals surface area (Å²) >= 11 is 0. The maximum absolute atomic E-state index is 10.7. The maximum atomic E-state index is 10.7. The van der Waals surface area contributed by atoms with Crippen molar-refractivity contribution in [3.8, 4) is 0 Å². The number of carboxylic acid groups (broad SMARTS) is 1. The predicted octanol–water partition coefficient (Wildman–Crippen LogP) is 2.43. The van der Waals surface area contributed by atoms with Crippen molar-refractivity contribution < 1.29 is 9.90 Å². The Bertz CT molecular complexity index is 454. The van der Waals surface area contributed by atoms with Crippen molar-refractivity contribution >= 4 is 6.09 Å². The number of nitrogens with zero attached hydrogens (tertiary/aromatic N) is 1. The van der Waals surface area contributed by atoms with Gasteiger partial charge in [0.2, 0.25) is 0 Å². The van der Waals surface area contributed by atoms with Crippen molar-refractivity contribution in [1.29, 1.82) is 0 Å². The molecule has 0 fully saturated rings. The molecule has 1 aliphatic rings. The van der Waals surface area contributed by atoms with E-state index in [-0.39, 0.29) is 0 Å². The number of benzene rings is 1. The Balaban J connectivity index is 1.99. The van der Waals surface area contributed by atoms with Gasteiger partial charge in [-0.15, -0.1) is 0 Å². The smallest absolute Gasteiger partial charge is 0.408 e. The van der Waals surface area contributed by atoms with E-state index < -0.39 is 6.09 Å². The van der Waals surface area contributed by atoms with Gasteiger partial charge in [0.25, 0.3) is 0 Å². The SMILES string of the molecule is CC1=C(NC(=O)O)CN(Cc2ccccc2)CC1. The van der Waals surface area contributed by atoms with E-state index in [9.17, 15) is 4.79 Å². The number of rotatable bonds is 3. The lowest BCUT2D eigenvalue weighted by Crippen LogP contribution is -2.37. The minimum absolute atomic E-state index is 0.674. The van der Waals surface area contributed by atoms with Crippen molar-refractivity contribution in [3.05, 3.63) is 47.2 Å². The third-order valence-corrected chi connectivity index (χ3v) is 3.21. The summed E-state index contributed by atoms with van der Waals surface area (Å²) in [6.07, 6.45) is -0.0615. The molecule has 18 heavy (non-hydrogen) atoms. The van der Waals surface area contributed by atoms with Gasteiger partial charge in [0.1, 0.15) is 0 Å². The van der Waals surface area contributed by atoms with Crippen LogP contribution in [0.5, 0.6) is 0 Å². The number of hydrogen-bond acceptors (Lipinski definition) is 2. The fourth-order valence-electron chi connectivity index (χ4n) is 2.17. The number of nitrogens with one attached hydrogen (secondary N) is 1. The third kappa shape index (κ3) is 3.34. The molecule has 0 spiro atoms. The standard InChI is InChI=1S/C14H18N2O2/c1-11-7-8-16(10-13(11)15-14(17)18)9-12-5-3-2-4-6-12/h2-6,15H,7-10H2,1H3,(H,17,18).